The fourth-order valence-electron chi connectivity index (χ4n) is 6.48. The van der Waals surface area contributed by atoms with Crippen LogP contribution in [0.25, 0.3) is 0 Å². The Morgan fingerprint density at radius 1 is 0.574 bits per heavy atom. The number of para-hydroxylation sites is 1. The van der Waals surface area contributed by atoms with E-state index in [1.54, 1.807) is 0 Å². The van der Waals surface area contributed by atoms with Crippen LogP contribution in [0, 0.1) is 10.8 Å². The fraction of sp³-hybridized carbons (Fsp3) is 0.368. The van der Waals surface area contributed by atoms with Gasteiger partial charge in [0.25, 0.3) is 0 Å². The van der Waals surface area contributed by atoms with Gasteiger partial charge in [0.1, 0.15) is 23.0 Å². The number of nitrogens with zero attached hydrogens (tertiary/aromatic N) is 1. The third-order valence-corrected chi connectivity index (χ3v) is 9.24. The van der Waals surface area contributed by atoms with Gasteiger partial charge in [0.05, 0.1) is 39.1 Å². The number of hydrogen-bond acceptors (Lipinski definition) is 9. The second kappa shape index (κ2) is 11.3. The molecule has 10 rings (SSSR count). The van der Waals surface area contributed by atoms with Crippen molar-refractivity contribution in [2.75, 3.05) is 52.0 Å². The number of rotatable bonds is 8. The van der Waals surface area contributed by atoms with E-state index in [1.807, 2.05) is 116 Å². The number of fused-ring (bicyclic) bond motifs is 6. The highest BCUT2D eigenvalue weighted by Crippen LogP contribution is 2.55. The average molecular weight is 638 g/mol. The minimum Gasteiger partial charge on any atom is -0.457 e. The highest BCUT2D eigenvalue weighted by molar-refractivity contribution is 5.51. The van der Waals surface area contributed by atoms with E-state index in [4.69, 9.17) is 37.9 Å². The highest BCUT2D eigenvalue weighted by Gasteiger charge is 2.58. The molecule has 0 N–H and O–H groups in total. The van der Waals surface area contributed by atoms with Crippen molar-refractivity contribution in [3.05, 3.63) is 114 Å². The van der Waals surface area contributed by atoms with Crippen molar-refractivity contribution in [1.29, 1.82) is 0 Å². The topological polar surface area (TPSA) is 77.1 Å². The van der Waals surface area contributed by atoms with Crippen molar-refractivity contribution < 1.29 is 37.9 Å². The van der Waals surface area contributed by atoms with E-state index < -0.39 is 23.5 Å². The summed E-state index contributed by atoms with van der Waals surface area (Å²) in [7, 11) is 4.01. The lowest BCUT2D eigenvalue weighted by Gasteiger charge is -2.55. The summed E-state index contributed by atoms with van der Waals surface area (Å²) in [5.74, 6) is -0.0523. The van der Waals surface area contributed by atoms with E-state index in [1.165, 1.54) is 0 Å². The molecular formula is C38H39NO8. The van der Waals surface area contributed by atoms with Gasteiger partial charge in [-0.2, -0.15) is 0 Å². The second-order valence-electron chi connectivity index (χ2n) is 13.7. The number of hydrogen-bond donors (Lipinski definition) is 0. The zero-order chi connectivity index (χ0) is 32.3. The molecule has 0 amide bonds. The molecule has 4 aromatic rings. The smallest absolute Gasteiger partial charge is 0.312 e. The summed E-state index contributed by atoms with van der Waals surface area (Å²) in [5, 5.41) is 0. The second-order valence-corrected chi connectivity index (χ2v) is 13.7. The maximum atomic E-state index is 6.86. The fourth-order valence-corrected chi connectivity index (χ4v) is 6.48. The molecule has 0 radical (unpaired) electrons. The van der Waals surface area contributed by atoms with Crippen molar-refractivity contribution in [2.45, 2.75) is 31.9 Å². The highest BCUT2D eigenvalue weighted by atomic mass is 16.9. The number of ether oxygens (including phenoxy) is 8. The Kier molecular flexibility index (Phi) is 7.33. The Hall–Kier alpha value is -3.96. The molecule has 1 atom stereocenters. The van der Waals surface area contributed by atoms with E-state index in [-0.39, 0.29) is 5.41 Å². The molecule has 6 aliphatic heterocycles. The van der Waals surface area contributed by atoms with Gasteiger partial charge >= 0.3 is 11.9 Å². The van der Waals surface area contributed by atoms with Gasteiger partial charge in [-0.25, -0.2) is 0 Å². The SMILES string of the molecule is CN(C)c1cccc(Oc2cc(C3OC4(c5cccc(Oc6ccccc6)c5)OCC3(C)CO4)cc(C34OCC(C)(CO3)CO4)c2)c1. The largest absolute Gasteiger partial charge is 0.457 e. The lowest BCUT2D eigenvalue weighted by atomic mass is 9.79. The first-order valence-electron chi connectivity index (χ1n) is 16.0. The summed E-state index contributed by atoms with van der Waals surface area (Å²) in [4.78, 5) is 2.04. The quantitative estimate of drug-likeness (QED) is 0.196. The van der Waals surface area contributed by atoms with Gasteiger partial charge in [-0.3, -0.25) is 0 Å². The first-order chi connectivity index (χ1) is 22.6. The van der Waals surface area contributed by atoms with Crippen LogP contribution in [-0.2, 0) is 40.4 Å². The van der Waals surface area contributed by atoms with Crippen molar-refractivity contribution >= 4 is 5.69 Å². The molecular weight excluding hydrogens is 598 g/mol. The maximum Gasteiger partial charge on any atom is 0.312 e. The van der Waals surface area contributed by atoms with E-state index in [0.717, 1.165) is 17.0 Å². The monoisotopic (exact) mass is 637 g/mol. The van der Waals surface area contributed by atoms with Gasteiger partial charge in [-0.1, -0.05) is 50.2 Å². The molecule has 6 saturated heterocycles. The maximum absolute atomic E-state index is 6.86. The minimum atomic E-state index is -1.42. The first kappa shape index (κ1) is 30.4. The predicted octanol–water partition coefficient (Wildman–Crippen LogP) is 7.47. The lowest BCUT2D eigenvalue weighted by Crippen LogP contribution is -2.58. The average Bonchev–Trinajstić information content (AvgIpc) is 3.09. The predicted molar refractivity (Wildman–Crippen MR) is 173 cm³/mol. The Morgan fingerprint density at radius 2 is 1.17 bits per heavy atom. The third kappa shape index (κ3) is 5.57. The Morgan fingerprint density at radius 3 is 1.87 bits per heavy atom. The van der Waals surface area contributed by atoms with Crippen LogP contribution in [0.3, 0.4) is 0 Å². The molecule has 6 aliphatic rings. The van der Waals surface area contributed by atoms with Crippen molar-refractivity contribution in [2.24, 2.45) is 10.8 Å². The summed E-state index contributed by atoms with van der Waals surface area (Å²) >= 11 is 0. The molecule has 0 aliphatic carbocycles. The van der Waals surface area contributed by atoms with Crippen molar-refractivity contribution in [3.8, 4) is 23.0 Å². The van der Waals surface area contributed by atoms with Gasteiger partial charge in [-0.15, -0.1) is 0 Å². The molecule has 6 fully saturated rings. The molecule has 4 aromatic carbocycles. The first-order valence-corrected chi connectivity index (χ1v) is 16.0. The van der Waals surface area contributed by atoms with Crippen LogP contribution in [-0.4, -0.2) is 47.1 Å². The molecule has 47 heavy (non-hydrogen) atoms. The summed E-state index contributed by atoms with van der Waals surface area (Å²) in [5.41, 5.74) is 2.65. The molecule has 9 nitrogen and oxygen atoms in total. The van der Waals surface area contributed by atoms with Crippen LogP contribution in [0.1, 0.15) is 36.6 Å². The van der Waals surface area contributed by atoms with Crippen LogP contribution >= 0.6 is 0 Å². The third-order valence-electron chi connectivity index (χ3n) is 9.24. The zero-order valence-electron chi connectivity index (χ0n) is 27.1. The van der Waals surface area contributed by atoms with Gasteiger partial charge in [0.15, 0.2) is 0 Å². The van der Waals surface area contributed by atoms with Crippen molar-refractivity contribution in [3.63, 3.8) is 0 Å². The summed E-state index contributed by atoms with van der Waals surface area (Å²) in [6.07, 6.45) is -0.423. The normalized spacial score (nSPS) is 31.0. The molecule has 1 unspecified atom stereocenters. The standard InChI is InChI=1S/C38H39NO8/c1-35-21-40-37(41-22-35,42-23-35)28-16-26(17-33(19-28)46-32-15-9-11-29(20-32)39(3)4)34-36(2)24-43-38(47-34,44-25-36)27-10-8-14-31(18-27)45-30-12-6-5-7-13-30/h5-20,34H,21-25H2,1-4H3. The molecule has 6 heterocycles. The van der Waals surface area contributed by atoms with Crippen LogP contribution < -0.4 is 14.4 Å². The van der Waals surface area contributed by atoms with Gasteiger partial charge in [-0.05, 0) is 60.2 Å². The number of anilines is 1. The summed E-state index contributed by atoms with van der Waals surface area (Å²) in [6, 6.07) is 31.2. The zero-order valence-corrected chi connectivity index (χ0v) is 27.1. The summed E-state index contributed by atoms with van der Waals surface area (Å²) in [6.45, 7) is 6.63. The van der Waals surface area contributed by atoms with Crippen LogP contribution in [0.15, 0.2) is 97.1 Å². The van der Waals surface area contributed by atoms with Gasteiger partial charge < -0.3 is 42.8 Å². The summed E-state index contributed by atoms with van der Waals surface area (Å²) < 4.78 is 51.1. The molecule has 9 heteroatoms. The van der Waals surface area contributed by atoms with E-state index in [0.29, 0.717) is 61.4 Å². The molecule has 4 bridgehead atoms. The minimum absolute atomic E-state index is 0.176. The molecule has 0 aromatic heterocycles. The lowest BCUT2D eigenvalue weighted by molar-refractivity contribution is -0.501. The van der Waals surface area contributed by atoms with E-state index >= 15 is 0 Å². The Balaban J connectivity index is 1.16. The molecule has 0 saturated carbocycles. The van der Waals surface area contributed by atoms with Crippen LogP contribution in [0.4, 0.5) is 5.69 Å². The van der Waals surface area contributed by atoms with Gasteiger partial charge in [0, 0.05) is 47.8 Å². The Labute approximate surface area is 274 Å². The molecule has 0 spiro atoms. The van der Waals surface area contributed by atoms with E-state index in [2.05, 4.69) is 13.8 Å². The molecule has 244 valence electrons. The van der Waals surface area contributed by atoms with Crippen molar-refractivity contribution in [1.82, 2.24) is 0 Å². The Bertz CT molecular complexity index is 1740. The van der Waals surface area contributed by atoms with Crippen LogP contribution in [0.5, 0.6) is 23.0 Å². The number of benzene rings is 4. The van der Waals surface area contributed by atoms with Gasteiger partial charge in [0.2, 0.25) is 0 Å². The van der Waals surface area contributed by atoms with Crippen LogP contribution in [0.2, 0.25) is 0 Å². The van der Waals surface area contributed by atoms with E-state index in [9.17, 15) is 0 Å².